The van der Waals surface area contributed by atoms with Crippen LogP contribution in [-0.2, 0) is 0 Å². The Morgan fingerprint density at radius 2 is 2.24 bits per heavy atom. The quantitative estimate of drug-likeness (QED) is 0.420. The fraction of sp³-hybridized carbons (Fsp3) is 0.182. The molecule has 6 heteroatoms. The largest absolute Gasteiger partial charge is 0.358 e. The van der Waals surface area contributed by atoms with Crippen molar-refractivity contribution in [1.29, 1.82) is 0 Å². The Bertz CT molecular complexity index is 419. The number of nitrogens with zero attached hydrogens (tertiary/aromatic N) is 1. The maximum atomic E-state index is 11.5. The maximum Gasteiger partial charge on any atom is 0.288 e. The lowest BCUT2D eigenvalue weighted by Crippen LogP contribution is -2.47. The third-order valence-corrected chi connectivity index (χ3v) is 1.98. The summed E-state index contributed by atoms with van der Waals surface area (Å²) in [5.74, 6) is -0.343. The molecule has 0 aromatic carbocycles. The highest BCUT2D eigenvalue weighted by atomic mass is 32.1. The molecule has 0 atom stereocenters. The number of thiocarbonyl (C=S) groups is 1. The van der Waals surface area contributed by atoms with E-state index >= 15 is 0 Å². The second-order valence-electron chi connectivity index (χ2n) is 3.43. The van der Waals surface area contributed by atoms with E-state index in [-0.39, 0.29) is 5.91 Å². The van der Waals surface area contributed by atoms with Crippen molar-refractivity contribution in [2.24, 2.45) is 0 Å². The van der Waals surface area contributed by atoms with E-state index in [9.17, 15) is 4.79 Å². The fourth-order valence-corrected chi connectivity index (χ4v) is 1.07. The van der Waals surface area contributed by atoms with Crippen LogP contribution in [0.4, 0.5) is 0 Å². The minimum atomic E-state index is -0.343. The molecule has 1 rings (SSSR count). The number of aromatic nitrogens is 1. The molecule has 0 saturated heterocycles. The topological polar surface area (TPSA) is 66.0 Å². The molecule has 1 aromatic rings. The zero-order valence-corrected chi connectivity index (χ0v) is 10.3. The molecule has 5 nitrogen and oxygen atoms in total. The minimum absolute atomic E-state index is 0.322. The lowest BCUT2D eigenvalue weighted by molar-refractivity contribution is 0.0938. The summed E-state index contributed by atoms with van der Waals surface area (Å²) in [4.78, 5) is 15.4. The summed E-state index contributed by atoms with van der Waals surface area (Å²) in [6.45, 7) is 6.16. The number of nitrogens with one attached hydrogen (secondary N) is 3. The van der Waals surface area contributed by atoms with Crippen molar-refractivity contribution in [3.8, 4) is 0 Å². The van der Waals surface area contributed by atoms with Crippen LogP contribution in [0.15, 0.2) is 36.5 Å². The molecule has 1 heterocycles. The van der Waals surface area contributed by atoms with Crippen molar-refractivity contribution in [2.45, 2.75) is 6.92 Å². The summed E-state index contributed by atoms with van der Waals surface area (Å²) >= 11 is 4.94. The van der Waals surface area contributed by atoms with Gasteiger partial charge in [-0.2, -0.15) is 0 Å². The SMILES string of the molecule is C=C(C)CNC(=S)NNC(=O)c1ccccn1. The molecule has 90 valence electrons. The van der Waals surface area contributed by atoms with E-state index < -0.39 is 0 Å². The third kappa shape index (κ3) is 5.07. The smallest absolute Gasteiger partial charge is 0.288 e. The number of amides is 1. The molecule has 0 aliphatic heterocycles. The highest BCUT2D eigenvalue weighted by molar-refractivity contribution is 7.80. The van der Waals surface area contributed by atoms with E-state index in [0.29, 0.717) is 17.4 Å². The average molecular weight is 250 g/mol. The Kier molecular flexibility index (Phi) is 5.09. The van der Waals surface area contributed by atoms with Crippen molar-refractivity contribution in [3.63, 3.8) is 0 Å². The minimum Gasteiger partial charge on any atom is -0.358 e. The van der Waals surface area contributed by atoms with Crippen LogP contribution in [0.5, 0.6) is 0 Å². The number of hydrogen-bond acceptors (Lipinski definition) is 3. The van der Waals surface area contributed by atoms with E-state index in [1.807, 2.05) is 6.92 Å². The molecule has 0 spiro atoms. The van der Waals surface area contributed by atoms with Gasteiger partial charge in [-0.1, -0.05) is 18.2 Å². The summed E-state index contributed by atoms with van der Waals surface area (Å²) in [7, 11) is 0. The van der Waals surface area contributed by atoms with Gasteiger partial charge in [-0.15, -0.1) is 0 Å². The number of carbonyl (C=O) groups excluding carboxylic acids is 1. The van der Waals surface area contributed by atoms with Gasteiger partial charge in [0.05, 0.1) is 0 Å². The van der Waals surface area contributed by atoms with Crippen LogP contribution in [0.25, 0.3) is 0 Å². The number of carbonyl (C=O) groups is 1. The molecule has 3 N–H and O–H groups in total. The Balaban J connectivity index is 2.34. The normalized spacial score (nSPS) is 9.24. The zero-order chi connectivity index (χ0) is 12.7. The second-order valence-corrected chi connectivity index (χ2v) is 3.84. The van der Waals surface area contributed by atoms with Crippen LogP contribution in [0.2, 0.25) is 0 Å². The summed E-state index contributed by atoms with van der Waals surface area (Å²) in [6.07, 6.45) is 1.55. The van der Waals surface area contributed by atoms with Gasteiger partial charge in [-0.25, -0.2) is 0 Å². The molecule has 1 amide bonds. The summed E-state index contributed by atoms with van der Waals surface area (Å²) in [5, 5.41) is 3.21. The molecule has 0 aliphatic rings. The molecular formula is C11H14N4OS. The van der Waals surface area contributed by atoms with E-state index in [2.05, 4.69) is 27.7 Å². The average Bonchev–Trinajstić information content (AvgIpc) is 2.34. The summed E-state index contributed by atoms with van der Waals surface area (Å²) in [5.41, 5.74) is 6.28. The molecule has 0 unspecified atom stereocenters. The predicted molar refractivity (Wildman–Crippen MR) is 70.3 cm³/mol. The monoisotopic (exact) mass is 250 g/mol. The Hall–Kier alpha value is -1.95. The predicted octanol–water partition coefficient (Wildman–Crippen LogP) is 0.767. The van der Waals surface area contributed by atoms with Gasteiger partial charge in [-0.05, 0) is 31.3 Å². The van der Waals surface area contributed by atoms with Gasteiger partial charge in [0.2, 0.25) is 0 Å². The third-order valence-electron chi connectivity index (χ3n) is 1.74. The first kappa shape index (κ1) is 13.1. The van der Waals surface area contributed by atoms with Gasteiger partial charge in [0.25, 0.3) is 5.91 Å². The van der Waals surface area contributed by atoms with Crippen molar-refractivity contribution in [3.05, 3.63) is 42.2 Å². The standard InChI is InChI=1S/C11H14N4OS/c1-8(2)7-13-11(17)15-14-10(16)9-5-3-4-6-12-9/h3-6H,1,7H2,2H3,(H,14,16)(H2,13,15,17). The summed E-state index contributed by atoms with van der Waals surface area (Å²) in [6, 6.07) is 5.09. The fourth-order valence-electron chi connectivity index (χ4n) is 0.950. The van der Waals surface area contributed by atoms with Gasteiger partial charge in [0.1, 0.15) is 5.69 Å². The first-order valence-electron chi connectivity index (χ1n) is 4.99. The van der Waals surface area contributed by atoms with Gasteiger partial charge >= 0.3 is 0 Å². The molecule has 0 radical (unpaired) electrons. The molecule has 17 heavy (non-hydrogen) atoms. The molecule has 0 bridgehead atoms. The van der Waals surface area contributed by atoms with E-state index in [1.165, 1.54) is 0 Å². The van der Waals surface area contributed by atoms with E-state index in [1.54, 1.807) is 24.4 Å². The van der Waals surface area contributed by atoms with Gasteiger partial charge in [0.15, 0.2) is 5.11 Å². The van der Waals surface area contributed by atoms with Crippen LogP contribution in [0, 0.1) is 0 Å². The Morgan fingerprint density at radius 3 is 2.82 bits per heavy atom. The lowest BCUT2D eigenvalue weighted by atomic mass is 10.3. The molecular weight excluding hydrogens is 236 g/mol. The van der Waals surface area contributed by atoms with Crippen molar-refractivity contribution in [2.75, 3.05) is 6.54 Å². The van der Waals surface area contributed by atoms with Crippen molar-refractivity contribution < 1.29 is 4.79 Å². The molecule has 0 aliphatic carbocycles. The highest BCUT2D eigenvalue weighted by Gasteiger charge is 2.05. The van der Waals surface area contributed by atoms with Crippen LogP contribution >= 0.6 is 12.2 Å². The van der Waals surface area contributed by atoms with Crippen LogP contribution < -0.4 is 16.2 Å². The van der Waals surface area contributed by atoms with E-state index in [0.717, 1.165) is 5.57 Å². The maximum absolute atomic E-state index is 11.5. The van der Waals surface area contributed by atoms with Crippen LogP contribution in [0.1, 0.15) is 17.4 Å². The molecule has 1 aromatic heterocycles. The van der Waals surface area contributed by atoms with Crippen molar-refractivity contribution >= 4 is 23.2 Å². The Labute approximate surface area is 105 Å². The van der Waals surface area contributed by atoms with Crippen LogP contribution in [0.3, 0.4) is 0 Å². The van der Waals surface area contributed by atoms with Gasteiger partial charge in [0, 0.05) is 12.7 Å². The molecule has 0 fully saturated rings. The van der Waals surface area contributed by atoms with Gasteiger partial charge in [-0.3, -0.25) is 20.6 Å². The number of pyridine rings is 1. The Morgan fingerprint density at radius 1 is 1.47 bits per heavy atom. The zero-order valence-electron chi connectivity index (χ0n) is 9.49. The van der Waals surface area contributed by atoms with Gasteiger partial charge < -0.3 is 5.32 Å². The first-order valence-corrected chi connectivity index (χ1v) is 5.40. The molecule has 0 saturated carbocycles. The highest BCUT2D eigenvalue weighted by Crippen LogP contribution is 1.91. The van der Waals surface area contributed by atoms with Crippen LogP contribution in [-0.4, -0.2) is 22.5 Å². The number of hydrogen-bond donors (Lipinski definition) is 3. The van der Waals surface area contributed by atoms with E-state index in [4.69, 9.17) is 12.2 Å². The first-order chi connectivity index (χ1) is 8.09. The second kappa shape index (κ2) is 6.59. The lowest BCUT2D eigenvalue weighted by Gasteiger charge is -2.10. The number of hydrazine groups is 1. The number of rotatable bonds is 3. The van der Waals surface area contributed by atoms with Crippen molar-refractivity contribution in [1.82, 2.24) is 21.2 Å². The summed E-state index contributed by atoms with van der Waals surface area (Å²) < 4.78 is 0.